The minimum Gasteiger partial charge on any atom is -0.355 e. The molecule has 7 heteroatoms. The van der Waals surface area contributed by atoms with Gasteiger partial charge in [-0.3, -0.25) is 9.78 Å². The average molecular weight is 436 g/mol. The van der Waals surface area contributed by atoms with Crippen molar-refractivity contribution in [3.05, 3.63) is 64.8 Å². The molecule has 0 fully saturated rings. The van der Waals surface area contributed by atoms with E-state index in [4.69, 9.17) is 11.6 Å². The molecule has 4 aromatic rings. The van der Waals surface area contributed by atoms with Crippen LogP contribution in [0.1, 0.15) is 23.2 Å². The number of carbonyl (C=O) groups excluding carboxylic acids is 1. The number of Topliss-reactive ketones (excluding diaryl/α,β-unsaturated/α-hetero) is 1. The van der Waals surface area contributed by atoms with E-state index in [0.29, 0.717) is 16.1 Å². The minimum absolute atomic E-state index is 0.128. The van der Waals surface area contributed by atoms with Crippen LogP contribution < -0.4 is 5.32 Å². The molecule has 0 bridgehead atoms. The second-order valence-electron chi connectivity index (χ2n) is 7.28. The number of rotatable bonds is 2. The Morgan fingerprint density at radius 1 is 1.10 bits per heavy atom. The van der Waals surface area contributed by atoms with E-state index < -0.39 is 4.75 Å². The summed E-state index contributed by atoms with van der Waals surface area (Å²) in [6.07, 6.45) is 7.41. The van der Waals surface area contributed by atoms with Gasteiger partial charge in [-0.1, -0.05) is 23.8 Å². The van der Waals surface area contributed by atoms with Crippen LogP contribution in [0.25, 0.3) is 21.1 Å². The number of hydrogen-bond acceptors (Lipinski definition) is 6. The number of thioether (sulfide) groups is 1. The topological polar surface area (TPSA) is 54.9 Å². The first kappa shape index (κ1) is 17.4. The summed E-state index contributed by atoms with van der Waals surface area (Å²) in [6, 6.07) is 10.1. The molecular weight excluding hydrogens is 422 g/mol. The first-order valence-corrected chi connectivity index (χ1v) is 11.3. The van der Waals surface area contributed by atoms with E-state index >= 15 is 0 Å². The number of carbonyl (C=O) groups is 1. The maximum Gasteiger partial charge on any atom is 0.182 e. The van der Waals surface area contributed by atoms with E-state index in [0.717, 1.165) is 44.7 Å². The summed E-state index contributed by atoms with van der Waals surface area (Å²) in [7, 11) is 0. The zero-order valence-electron chi connectivity index (χ0n) is 15.1. The van der Waals surface area contributed by atoms with Crippen LogP contribution in [0.5, 0.6) is 0 Å². The van der Waals surface area contributed by atoms with Crippen LogP contribution >= 0.6 is 34.7 Å². The van der Waals surface area contributed by atoms with Crippen LogP contribution in [0.2, 0.25) is 5.02 Å². The van der Waals surface area contributed by atoms with Crippen LogP contribution in [0.15, 0.2) is 59.1 Å². The largest absolute Gasteiger partial charge is 0.355 e. The van der Waals surface area contributed by atoms with Gasteiger partial charge in [-0.05, 0) is 43.2 Å². The number of hydrogen-bond donors (Lipinski definition) is 1. The Hall–Kier alpha value is -2.41. The maximum atomic E-state index is 13.2. The fourth-order valence-corrected chi connectivity index (χ4v) is 6.60. The summed E-state index contributed by atoms with van der Waals surface area (Å²) >= 11 is 9.99. The molecule has 2 aromatic heterocycles. The number of benzene rings is 2. The fourth-order valence-electron chi connectivity index (χ4n) is 4.10. The molecule has 1 aliphatic heterocycles. The first-order valence-electron chi connectivity index (χ1n) is 9.25. The van der Waals surface area contributed by atoms with Gasteiger partial charge in [0.1, 0.15) is 0 Å². The fraction of sp³-hybridized carbons (Fsp3) is 0.136. The Kier molecular flexibility index (Phi) is 3.79. The van der Waals surface area contributed by atoms with Crippen molar-refractivity contribution >= 4 is 73.0 Å². The van der Waals surface area contributed by atoms with Crippen LogP contribution in [0.3, 0.4) is 0 Å². The Labute approximate surface area is 180 Å². The van der Waals surface area contributed by atoms with Crippen LogP contribution in [-0.2, 0) is 0 Å². The molecular formula is C22H14ClN3OS2. The van der Waals surface area contributed by atoms with Crippen molar-refractivity contribution in [3.8, 4) is 0 Å². The Balaban J connectivity index is 1.48. The zero-order chi connectivity index (χ0) is 19.6. The molecule has 0 amide bonds. The van der Waals surface area contributed by atoms with Gasteiger partial charge in [0.15, 0.2) is 5.78 Å². The Morgan fingerprint density at radius 3 is 2.83 bits per heavy atom. The van der Waals surface area contributed by atoms with Crippen molar-refractivity contribution in [1.82, 2.24) is 9.97 Å². The monoisotopic (exact) mass is 435 g/mol. The molecule has 0 unspecified atom stereocenters. The number of ketones is 1. The lowest BCUT2D eigenvalue weighted by atomic mass is 9.94. The highest BCUT2D eigenvalue weighted by atomic mass is 35.5. The highest BCUT2D eigenvalue weighted by Crippen LogP contribution is 2.54. The molecule has 29 heavy (non-hydrogen) atoms. The number of fused-ring (bicyclic) bond motifs is 3. The number of pyridine rings is 1. The number of anilines is 2. The SMILES string of the molecule is O=C1c2c(cc3c(Nc4ccc5scnc5c4)ccnc3c2Cl)SC12CC=CC2. The lowest BCUT2D eigenvalue weighted by Gasteiger charge is -2.18. The van der Waals surface area contributed by atoms with Crippen molar-refractivity contribution < 1.29 is 4.79 Å². The molecule has 0 saturated carbocycles. The van der Waals surface area contributed by atoms with Gasteiger partial charge in [0.2, 0.25) is 0 Å². The number of nitrogens with zero attached hydrogens (tertiary/aromatic N) is 2. The number of nitrogens with one attached hydrogen (secondary N) is 1. The Bertz CT molecular complexity index is 1350. The predicted molar refractivity (Wildman–Crippen MR) is 121 cm³/mol. The lowest BCUT2D eigenvalue weighted by Crippen LogP contribution is -2.27. The summed E-state index contributed by atoms with van der Waals surface area (Å²) in [6.45, 7) is 0. The second-order valence-corrected chi connectivity index (χ2v) is 9.97. The molecule has 1 aliphatic carbocycles. The number of halogens is 1. The second kappa shape index (κ2) is 6.29. The van der Waals surface area contributed by atoms with Gasteiger partial charge < -0.3 is 5.32 Å². The molecule has 0 atom stereocenters. The quantitative estimate of drug-likeness (QED) is 0.358. The third-order valence-electron chi connectivity index (χ3n) is 5.56. The zero-order valence-corrected chi connectivity index (χ0v) is 17.5. The smallest absolute Gasteiger partial charge is 0.182 e. The maximum absolute atomic E-state index is 13.2. The third kappa shape index (κ3) is 2.56. The first-order chi connectivity index (χ1) is 14.1. The molecule has 142 valence electrons. The van der Waals surface area contributed by atoms with Gasteiger partial charge in [0.05, 0.1) is 36.6 Å². The van der Waals surface area contributed by atoms with Crippen LogP contribution in [0.4, 0.5) is 11.4 Å². The van der Waals surface area contributed by atoms with Crippen molar-refractivity contribution in [3.63, 3.8) is 0 Å². The summed E-state index contributed by atoms with van der Waals surface area (Å²) in [4.78, 5) is 23.0. The number of aromatic nitrogens is 2. The van der Waals surface area contributed by atoms with Crippen LogP contribution in [-0.4, -0.2) is 20.5 Å². The average Bonchev–Trinajstić information content (AvgIpc) is 3.43. The highest BCUT2D eigenvalue weighted by Gasteiger charge is 2.48. The summed E-state index contributed by atoms with van der Waals surface area (Å²) in [5.41, 5.74) is 5.96. The molecule has 2 aliphatic rings. The van der Waals surface area contributed by atoms with Crippen molar-refractivity contribution in [2.75, 3.05) is 5.32 Å². The molecule has 2 aromatic carbocycles. The minimum atomic E-state index is -0.424. The molecule has 1 spiro atoms. The third-order valence-corrected chi connectivity index (χ3v) is 8.19. The summed E-state index contributed by atoms with van der Waals surface area (Å²) < 4.78 is 0.730. The normalized spacial score (nSPS) is 16.9. The van der Waals surface area contributed by atoms with Gasteiger partial charge in [-0.15, -0.1) is 23.1 Å². The van der Waals surface area contributed by atoms with Gasteiger partial charge in [0.25, 0.3) is 0 Å². The molecule has 1 N–H and O–H groups in total. The predicted octanol–water partition coefficient (Wildman–Crippen LogP) is 6.62. The van der Waals surface area contributed by atoms with Crippen molar-refractivity contribution in [1.29, 1.82) is 0 Å². The number of thiazole rings is 1. The highest BCUT2D eigenvalue weighted by molar-refractivity contribution is 8.02. The molecule has 0 saturated heterocycles. The molecule has 4 nitrogen and oxygen atoms in total. The van der Waals surface area contributed by atoms with Crippen molar-refractivity contribution in [2.24, 2.45) is 0 Å². The summed E-state index contributed by atoms with van der Waals surface area (Å²) in [5.74, 6) is 0.128. The van der Waals surface area contributed by atoms with E-state index in [1.807, 2.05) is 23.7 Å². The van der Waals surface area contributed by atoms with E-state index in [2.05, 4.69) is 39.6 Å². The van der Waals surface area contributed by atoms with Gasteiger partial charge in [0, 0.05) is 27.9 Å². The number of allylic oxidation sites excluding steroid dienone is 2. The van der Waals surface area contributed by atoms with E-state index in [1.165, 1.54) is 0 Å². The van der Waals surface area contributed by atoms with Crippen LogP contribution in [0, 0.1) is 0 Å². The van der Waals surface area contributed by atoms with E-state index in [9.17, 15) is 4.79 Å². The molecule has 3 heterocycles. The van der Waals surface area contributed by atoms with E-state index in [-0.39, 0.29) is 5.78 Å². The summed E-state index contributed by atoms with van der Waals surface area (Å²) in [5, 5.41) is 4.85. The van der Waals surface area contributed by atoms with Crippen molar-refractivity contribution in [2.45, 2.75) is 22.5 Å². The standard InChI is InChI=1S/C22H14ClN3OS2/c23-19-18-17(29-22(21(18)27)6-1-2-7-22)10-13-14(5-8-24-20(13)19)26-12-3-4-16-15(9-12)25-11-28-16/h1-5,8-11H,6-7H2,(H,24,26). The van der Waals surface area contributed by atoms with Gasteiger partial charge in [-0.2, -0.15) is 0 Å². The molecule has 0 radical (unpaired) electrons. The van der Waals surface area contributed by atoms with Gasteiger partial charge in [-0.25, -0.2) is 4.98 Å². The Morgan fingerprint density at radius 2 is 1.97 bits per heavy atom. The molecule has 6 rings (SSSR count). The van der Waals surface area contributed by atoms with Gasteiger partial charge >= 0.3 is 0 Å². The lowest BCUT2D eigenvalue weighted by molar-refractivity contribution is 0.0951. The van der Waals surface area contributed by atoms with E-state index in [1.54, 1.807) is 29.3 Å².